The summed E-state index contributed by atoms with van der Waals surface area (Å²) >= 11 is 7.40. The fourth-order valence-electron chi connectivity index (χ4n) is 6.27. The Morgan fingerprint density at radius 3 is 2.67 bits per heavy atom. The minimum Gasteiger partial charge on any atom is -0.462 e. The van der Waals surface area contributed by atoms with Crippen LogP contribution in [0, 0.1) is 11.3 Å². The van der Waals surface area contributed by atoms with Crippen molar-refractivity contribution in [2.24, 2.45) is 0 Å². The average Bonchev–Trinajstić information content (AvgIpc) is 3.47. The quantitative estimate of drug-likeness (QED) is 0.215. The standard InChI is InChI=1S/C31H37ClF2N6O2/c1-2-42-30(41)26-21-36-40(28(26)29(33)34)24-10-6-15-38(22-24)27-20-31(32,12-11-25(27)23-8-4-3-5-9-23)39-18-16-37(17-19-39)14-7-13-35/h3-5,8-9,11-12,21,24,29H,2,6-7,10,14-20,22H2,1H3. The molecule has 8 nitrogen and oxygen atoms in total. The van der Waals surface area contributed by atoms with Crippen LogP contribution in [0.1, 0.15) is 66.7 Å². The van der Waals surface area contributed by atoms with Crippen LogP contribution in [0.2, 0.25) is 0 Å². The topological polar surface area (TPSA) is 77.6 Å². The molecule has 1 aromatic heterocycles. The highest BCUT2D eigenvalue weighted by Crippen LogP contribution is 2.42. The van der Waals surface area contributed by atoms with Gasteiger partial charge in [0.2, 0.25) is 0 Å². The number of piperazine rings is 1. The van der Waals surface area contributed by atoms with Gasteiger partial charge in [0.1, 0.15) is 16.3 Å². The lowest BCUT2D eigenvalue weighted by atomic mass is 9.90. The summed E-state index contributed by atoms with van der Waals surface area (Å²) in [5, 5.41) is 13.2. The molecular formula is C31H37ClF2N6O2. The summed E-state index contributed by atoms with van der Waals surface area (Å²) < 4.78 is 34.9. The SMILES string of the molecule is CCOC(=O)c1cnn(C2CCCN(C3=C(c4ccccc4)C=CC(Cl)(N4CCN(CCC#N)CC4)C3)C2)c1C(F)F. The molecule has 2 aliphatic heterocycles. The van der Waals surface area contributed by atoms with E-state index < -0.39 is 17.4 Å². The molecule has 42 heavy (non-hydrogen) atoms. The zero-order valence-corrected chi connectivity index (χ0v) is 24.6. The van der Waals surface area contributed by atoms with Gasteiger partial charge in [-0.2, -0.15) is 10.4 Å². The van der Waals surface area contributed by atoms with Crippen molar-refractivity contribution in [1.29, 1.82) is 5.26 Å². The van der Waals surface area contributed by atoms with Gasteiger partial charge in [0.15, 0.2) is 0 Å². The van der Waals surface area contributed by atoms with Crippen LogP contribution in [0.25, 0.3) is 5.57 Å². The number of ether oxygens (including phenoxy) is 1. The van der Waals surface area contributed by atoms with Gasteiger partial charge in [-0.25, -0.2) is 13.6 Å². The highest BCUT2D eigenvalue weighted by atomic mass is 35.5. The number of nitrogens with zero attached hydrogens (tertiary/aromatic N) is 6. The van der Waals surface area contributed by atoms with E-state index in [1.165, 1.54) is 10.9 Å². The van der Waals surface area contributed by atoms with Crippen molar-refractivity contribution in [2.45, 2.75) is 50.1 Å². The Morgan fingerprint density at radius 1 is 1.21 bits per heavy atom. The molecule has 3 heterocycles. The molecular weight excluding hydrogens is 562 g/mol. The molecule has 224 valence electrons. The van der Waals surface area contributed by atoms with Crippen LogP contribution in [-0.4, -0.2) is 87.9 Å². The zero-order valence-electron chi connectivity index (χ0n) is 23.9. The Kier molecular flexibility index (Phi) is 9.61. The molecule has 0 radical (unpaired) electrons. The molecule has 11 heteroatoms. The van der Waals surface area contributed by atoms with Crippen LogP contribution < -0.4 is 0 Å². The van der Waals surface area contributed by atoms with Gasteiger partial charge >= 0.3 is 5.97 Å². The lowest BCUT2D eigenvalue weighted by Crippen LogP contribution is -2.55. The van der Waals surface area contributed by atoms with E-state index in [0.717, 1.165) is 62.5 Å². The first-order chi connectivity index (χ1) is 20.3. The lowest BCUT2D eigenvalue weighted by Gasteiger charge is -2.47. The van der Waals surface area contributed by atoms with Crippen LogP contribution >= 0.6 is 11.6 Å². The van der Waals surface area contributed by atoms with Crippen molar-refractivity contribution in [3.8, 4) is 6.07 Å². The molecule has 2 fully saturated rings. The van der Waals surface area contributed by atoms with Gasteiger partial charge in [0.25, 0.3) is 6.43 Å². The highest BCUT2D eigenvalue weighted by Gasteiger charge is 2.40. The predicted octanol–water partition coefficient (Wildman–Crippen LogP) is 5.47. The number of aromatic nitrogens is 2. The zero-order chi connectivity index (χ0) is 29.7. The number of alkyl halides is 3. The van der Waals surface area contributed by atoms with Crippen molar-refractivity contribution >= 4 is 23.1 Å². The van der Waals surface area contributed by atoms with Crippen molar-refractivity contribution in [3.05, 3.63) is 71.2 Å². The van der Waals surface area contributed by atoms with Crippen molar-refractivity contribution < 1.29 is 18.3 Å². The number of hydrogen-bond donors (Lipinski definition) is 0. The Bertz CT molecular complexity index is 1350. The first kappa shape index (κ1) is 30.2. The van der Waals surface area contributed by atoms with Gasteiger partial charge in [-0.05, 0) is 31.4 Å². The molecule has 0 amide bonds. The largest absolute Gasteiger partial charge is 0.462 e. The monoisotopic (exact) mass is 598 g/mol. The van der Waals surface area contributed by atoms with Gasteiger partial charge in [-0.3, -0.25) is 14.5 Å². The van der Waals surface area contributed by atoms with E-state index in [0.29, 0.717) is 25.8 Å². The second-order valence-electron chi connectivity index (χ2n) is 10.9. The maximum Gasteiger partial charge on any atom is 0.341 e. The van der Waals surface area contributed by atoms with Gasteiger partial charge < -0.3 is 9.64 Å². The summed E-state index contributed by atoms with van der Waals surface area (Å²) in [6.07, 6.45) is 5.06. The fraction of sp³-hybridized carbons (Fsp3) is 0.516. The van der Waals surface area contributed by atoms with Gasteiger partial charge in [-0.15, -0.1) is 0 Å². The summed E-state index contributed by atoms with van der Waals surface area (Å²) in [5.41, 5.74) is 2.65. The van der Waals surface area contributed by atoms with Crippen LogP contribution in [0.4, 0.5) is 8.78 Å². The predicted molar refractivity (Wildman–Crippen MR) is 157 cm³/mol. The summed E-state index contributed by atoms with van der Waals surface area (Å²) in [4.78, 5) is 18.5. The molecule has 1 aromatic carbocycles. The highest BCUT2D eigenvalue weighted by molar-refractivity contribution is 6.25. The number of likely N-dealkylation sites (tertiary alicyclic amines) is 1. The fourth-order valence-corrected chi connectivity index (χ4v) is 6.63. The third-order valence-electron chi connectivity index (χ3n) is 8.41. The number of rotatable bonds is 9. The van der Waals surface area contributed by atoms with E-state index in [-0.39, 0.29) is 23.9 Å². The molecule has 2 atom stereocenters. The van der Waals surface area contributed by atoms with Crippen LogP contribution in [0.15, 0.2) is 54.4 Å². The molecule has 0 bridgehead atoms. The first-order valence-electron chi connectivity index (χ1n) is 14.6. The summed E-state index contributed by atoms with van der Waals surface area (Å²) in [7, 11) is 0. The van der Waals surface area contributed by atoms with Crippen LogP contribution in [0.5, 0.6) is 0 Å². The maximum absolute atomic E-state index is 14.3. The van der Waals surface area contributed by atoms with E-state index in [2.05, 4.69) is 50.2 Å². The first-order valence-corrected chi connectivity index (χ1v) is 15.0. The van der Waals surface area contributed by atoms with Crippen molar-refractivity contribution in [3.63, 3.8) is 0 Å². The number of hydrogen-bond acceptors (Lipinski definition) is 7. The van der Waals surface area contributed by atoms with Crippen LogP contribution in [-0.2, 0) is 4.74 Å². The summed E-state index contributed by atoms with van der Waals surface area (Å²) in [6.45, 7) is 7.01. The molecule has 3 aliphatic rings. The number of esters is 1. The van der Waals surface area contributed by atoms with E-state index in [1.807, 2.05) is 18.2 Å². The molecule has 1 aliphatic carbocycles. The number of benzene rings is 1. The van der Waals surface area contributed by atoms with E-state index in [9.17, 15) is 13.6 Å². The second kappa shape index (κ2) is 13.4. The Hall–Kier alpha value is -3.26. The Labute approximate surface area is 250 Å². The molecule has 2 saturated heterocycles. The van der Waals surface area contributed by atoms with Gasteiger partial charge in [0.05, 0.1) is 24.9 Å². The van der Waals surface area contributed by atoms with Crippen molar-refractivity contribution in [2.75, 3.05) is 52.4 Å². The van der Waals surface area contributed by atoms with E-state index in [1.54, 1.807) is 6.92 Å². The van der Waals surface area contributed by atoms with Gasteiger partial charge in [0, 0.05) is 69.9 Å². The molecule has 0 spiro atoms. The Balaban J connectivity index is 1.42. The van der Waals surface area contributed by atoms with Gasteiger partial charge in [-0.1, -0.05) is 48.0 Å². The third kappa shape index (κ3) is 6.38. The third-order valence-corrected chi connectivity index (χ3v) is 8.91. The van der Waals surface area contributed by atoms with Crippen LogP contribution in [0.3, 0.4) is 0 Å². The van der Waals surface area contributed by atoms with E-state index >= 15 is 0 Å². The normalized spacial score (nSPS) is 23.8. The number of nitriles is 1. The Morgan fingerprint density at radius 2 is 1.98 bits per heavy atom. The van der Waals surface area contributed by atoms with Crippen molar-refractivity contribution in [1.82, 2.24) is 24.5 Å². The number of carbonyl (C=O) groups excluding carboxylic acids is 1. The molecule has 0 N–H and O–H groups in total. The minimum atomic E-state index is -2.86. The summed E-state index contributed by atoms with van der Waals surface area (Å²) in [6, 6.07) is 12.0. The number of piperidine rings is 1. The number of allylic oxidation sites excluding steroid dienone is 2. The number of halogens is 3. The number of carbonyl (C=O) groups is 1. The average molecular weight is 599 g/mol. The molecule has 2 aromatic rings. The minimum absolute atomic E-state index is 0.100. The maximum atomic E-state index is 14.3. The molecule has 5 rings (SSSR count). The lowest BCUT2D eigenvalue weighted by molar-refractivity contribution is 0.0511. The van der Waals surface area contributed by atoms with E-state index in [4.69, 9.17) is 21.6 Å². The second-order valence-corrected chi connectivity index (χ2v) is 11.6. The molecule has 2 unspecified atom stereocenters. The summed E-state index contributed by atoms with van der Waals surface area (Å²) in [5.74, 6) is -0.780. The molecule has 0 saturated carbocycles. The smallest absolute Gasteiger partial charge is 0.341 e.